The van der Waals surface area contributed by atoms with Crippen LogP contribution in [0.5, 0.6) is 0 Å². The molecule has 2 N–H and O–H groups in total. The molecule has 1 aliphatic carbocycles. The molecule has 0 fully saturated rings. The molecule has 97 heavy (non-hydrogen) atoms. The summed E-state index contributed by atoms with van der Waals surface area (Å²) in [5.74, 6) is -1.67. The van der Waals surface area contributed by atoms with E-state index in [0.717, 1.165) is 20.3 Å². The van der Waals surface area contributed by atoms with Crippen LogP contribution in [0.25, 0.3) is 50.1 Å². The molecule has 0 heterocycles. The molecule has 0 saturated carbocycles. The zero-order chi connectivity index (χ0) is 69.6. The summed E-state index contributed by atoms with van der Waals surface area (Å²) in [6, 6.07) is 81.6. The van der Waals surface area contributed by atoms with Gasteiger partial charge < -0.3 is 10.2 Å². The van der Waals surface area contributed by atoms with Gasteiger partial charge in [0.25, 0.3) is 11.9 Å². The third-order valence-corrected chi connectivity index (χ3v) is 16.0. The van der Waals surface area contributed by atoms with Crippen LogP contribution in [0.3, 0.4) is 0 Å². The van der Waals surface area contributed by atoms with Crippen molar-refractivity contribution < 1.29 is 151 Å². The Bertz CT molecular complexity index is 3750. The minimum absolute atomic E-state index is 0. The van der Waals surface area contributed by atoms with E-state index in [1.165, 1.54) is 117 Å². The first-order valence-corrected chi connectivity index (χ1v) is 32.5. The summed E-state index contributed by atoms with van der Waals surface area (Å²) in [5.41, 5.74) is 28.9. The molecule has 0 unspecified atom stereocenters. The maximum Gasteiger partial charge on any atom is 0.300 e. The van der Waals surface area contributed by atoms with Crippen LogP contribution in [0.2, 0.25) is 0 Å². The molecular weight excluding hydrogens is 1490 g/mol. The number of aliphatic carboxylic acids is 2. The molecule has 0 aromatic heterocycles. The number of carboxylic acids is 2. The van der Waals surface area contributed by atoms with Crippen molar-refractivity contribution in [2.75, 3.05) is 0 Å². The van der Waals surface area contributed by atoms with Gasteiger partial charge in [-0.3, -0.25) is 9.59 Å². The number of aryl methyl sites for hydroxylation is 5. The quantitative estimate of drug-likeness (QED) is 0.168. The summed E-state index contributed by atoms with van der Waals surface area (Å²) < 4.78 is 0. The van der Waals surface area contributed by atoms with E-state index in [4.69, 9.17) is 19.8 Å². The Morgan fingerprint density at radius 1 is 0.351 bits per heavy atom. The van der Waals surface area contributed by atoms with Crippen molar-refractivity contribution in [3.8, 4) is 44.5 Å². The van der Waals surface area contributed by atoms with Gasteiger partial charge in [0, 0.05) is 145 Å². The summed E-state index contributed by atoms with van der Waals surface area (Å²) in [4.78, 5) is 18.0. The zero-order valence-electron chi connectivity index (χ0n) is 62.8. The molecule has 0 atom stereocenters. The molecule has 4 radical (unpaired) electrons. The first kappa shape index (κ1) is 92.8. The molecule has 0 saturated heterocycles. The van der Waals surface area contributed by atoms with Gasteiger partial charge >= 0.3 is 0 Å². The fraction of sp³-hybridized carbons (Fsp3) is 0.326. The predicted molar refractivity (Wildman–Crippen MR) is 399 cm³/mol. The Hall–Kier alpha value is -4.18. The number of carbonyl (C=O) groups is 2. The monoisotopic (exact) mass is 1590 g/mol. The van der Waals surface area contributed by atoms with Crippen LogP contribution in [0, 0.1) is 64.3 Å². The predicted octanol–water partition coefficient (Wildman–Crippen LogP) is 24.4. The van der Waals surface area contributed by atoms with Crippen LogP contribution < -0.4 is 0 Å². The topological polar surface area (TPSA) is 74.6 Å². The number of benzene rings is 9. The van der Waals surface area contributed by atoms with E-state index in [2.05, 4.69) is 321 Å². The van der Waals surface area contributed by atoms with Crippen LogP contribution in [0.1, 0.15) is 187 Å². The first-order valence-electron chi connectivity index (χ1n) is 32.5. The molecular formula is C89H106O4Y4-4. The fourth-order valence-corrected chi connectivity index (χ4v) is 10.4. The van der Waals surface area contributed by atoms with E-state index in [1.54, 1.807) is 0 Å². The molecule has 9 aromatic rings. The van der Waals surface area contributed by atoms with E-state index in [1.807, 2.05) is 48.5 Å². The number of rotatable bonds is 5. The molecule has 502 valence electrons. The third kappa shape index (κ3) is 31.7. The molecule has 0 amide bonds. The van der Waals surface area contributed by atoms with E-state index in [9.17, 15) is 0 Å². The Morgan fingerprint density at radius 3 is 0.990 bits per heavy atom. The van der Waals surface area contributed by atoms with Crippen molar-refractivity contribution in [2.45, 2.75) is 187 Å². The Morgan fingerprint density at radius 2 is 0.680 bits per heavy atom. The molecule has 0 aliphatic heterocycles. The molecule has 0 bridgehead atoms. The molecule has 1 aliphatic rings. The maximum atomic E-state index is 9.00. The number of hydrogen-bond donors (Lipinski definition) is 2. The van der Waals surface area contributed by atoms with Crippen molar-refractivity contribution in [3.05, 3.63) is 291 Å². The second-order valence-corrected chi connectivity index (χ2v) is 29.4. The molecule has 9 aromatic carbocycles. The Balaban J connectivity index is 0.00000114. The minimum Gasteiger partial charge on any atom is -0.481 e. The van der Waals surface area contributed by atoms with Gasteiger partial charge in [0.05, 0.1) is 0 Å². The Kier molecular flexibility index (Phi) is 41.1. The summed E-state index contributed by atoms with van der Waals surface area (Å²) in [6.45, 7) is 49.0. The smallest absolute Gasteiger partial charge is 0.300 e. The summed E-state index contributed by atoms with van der Waals surface area (Å²) >= 11 is 0. The average Bonchev–Trinajstić information content (AvgIpc) is 1.82. The number of allylic oxidation sites excluding steroid dienone is 4. The van der Waals surface area contributed by atoms with E-state index in [-0.39, 0.29) is 158 Å². The van der Waals surface area contributed by atoms with Crippen LogP contribution in [-0.4, -0.2) is 22.2 Å². The van der Waals surface area contributed by atoms with Gasteiger partial charge in [-0.05, 0) is 106 Å². The molecule has 0 spiro atoms. The Labute approximate surface area is 688 Å². The SMILES string of the molecule is CC(=O)O.CC(=O)O.CC1=C(c2[c-]cccc2)C=C(C(C)(C)C)C1.Cc1cc(C(C)(C)C)ccc1-c1[c-]cccc1.Cc1cc(C(C)(C)C)ccc1-c1[c-]cccc1.Cc1ccc[c-]c1-c1ccc(C(C)(C)C)cc1.Cc1cccc(C)c1-c1ccc(C(C)(C)C)cc1.[Y].[Y].[Y].[Y]. The summed E-state index contributed by atoms with van der Waals surface area (Å²) in [7, 11) is 0. The largest absolute Gasteiger partial charge is 0.481 e. The normalized spacial score (nSPS) is 11.5. The first-order chi connectivity index (χ1) is 43.3. The standard InChI is InChI=1S/C18H22.3C17H19.C16H19.2C2H4O2.4Y/c1-13-7-6-8-14(2)17(13)15-9-11-16(12-10-15)18(3,4)5;1-13-7-5-6-8-16(13)14-9-11-15(12-10-14)17(2,3)4;2*1-13-12-15(17(2,3)4)10-11-16(13)14-8-6-5-7-9-14;1-12-10-14(16(2,3)4)11-15(12)13-8-6-5-7-9-13;2*1-2(3)4;;;;/h6-12H,1-5H3;5-7,9-12H,1-4H3;2*5-8,10-12H,1-4H3;5-8,11H,10H2,1-4H3;2*1H3,(H,3,4);;;;/q;4*-1;;;;;;. The van der Waals surface area contributed by atoms with Crippen LogP contribution in [0.15, 0.2) is 211 Å². The van der Waals surface area contributed by atoms with Crippen LogP contribution in [0.4, 0.5) is 0 Å². The van der Waals surface area contributed by atoms with Gasteiger partial charge in [0.1, 0.15) is 0 Å². The van der Waals surface area contributed by atoms with Crippen LogP contribution >= 0.6 is 0 Å². The third-order valence-electron chi connectivity index (χ3n) is 16.0. The van der Waals surface area contributed by atoms with Crippen molar-refractivity contribution in [1.29, 1.82) is 0 Å². The average molecular weight is 1600 g/mol. The minimum atomic E-state index is -0.833. The van der Waals surface area contributed by atoms with Crippen molar-refractivity contribution in [1.82, 2.24) is 0 Å². The van der Waals surface area contributed by atoms with Gasteiger partial charge in [-0.2, -0.15) is 0 Å². The molecule has 8 heteroatoms. The van der Waals surface area contributed by atoms with Crippen LogP contribution in [-0.2, 0) is 162 Å². The van der Waals surface area contributed by atoms with Gasteiger partial charge in [-0.1, -0.05) is 260 Å². The van der Waals surface area contributed by atoms with Gasteiger partial charge in [0.15, 0.2) is 0 Å². The van der Waals surface area contributed by atoms with Crippen molar-refractivity contribution in [2.24, 2.45) is 5.41 Å². The molecule has 4 nitrogen and oxygen atoms in total. The number of carboxylic acid groups (broad SMARTS) is 2. The van der Waals surface area contributed by atoms with Crippen molar-refractivity contribution in [3.63, 3.8) is 0 Å². The van der Waals surface area contributed by atoms with Gasteiger partial charge in [0.2, 0.25) is 0 Å². The molecule has 10 rings (SSSR count). The van der Waals surface area contributed by atoms with Gasteiger partial charge in [-0.15, -0.1) is 154 Å². The van der Waals surface area contributed by atoms with E-state index in [0.29, 0.717) is 0 Å². The van der Waals surface area contributed by atoms with E-state index < -0.39 is 11.9 Å². The van der Waals surface area contributed by atoms with Crippen molar-refractivity contribution >= 4 is 17.5 Å². The number of hydrogen-bond acceptors (Lipinski definition) is 2. The van der Waals surface area contributed by atoms with Gasteiger partial charge in [-0.25, -0.2) is 0 Å². The zero-order valence-corrected chi connectivity index (χ0v) is 74.1. The second kappa shape index (κ2) is 42.9. The summed E-state index contributed by atoms with van der Waals surface area (Å²) in [6.07, 6.45) is 3.46. The summed E-state index contributed by atoms with van der Waals surface area (Å²) in [5, 5.41) is 14.8. The maximum absolute atomic E-state index is 9.00. The fourth-order valence-electron chi connectivity index (χ4n) is 10.4. The second-order valence-electron chi connectivity index (χ2n) is 29.4. The van der Waals surface area contributed by atoms with E-state index >= 15 is 0 Å².